The van der Waals surface area contributed by atoms with Crippen LogP contribution in [0.5, 0.6) is 0 Å². The van der Waals surface area contributed by atoms with Crippen LogP contribution in [-0.2, 0) is 9.53 Å². The van der Waals surface area contributed by atoms with Gasteiger partial charge in [-0.05, 0) is 39.8 Å². The second-order valence-electron chi connectivity index (χ2n) is 4.55. The standard InChI is InChI=1S/C13H24N2O2/c1-4-17-13(16)11(2)9-14-10-12(3)15-7-5-6-8-15/h12,14H,2,4-10H2,1,3H3. The maximum absolute atomic E-state index is 11.3. The Morgan fingerprint density at radius 2 is 2.12 bits per heavy atom. The number of rotatable bonds is 7. The fourth-order valence-electron chi connectivity index (χ4n) is 2.05. The molecule has 0 aromatic heterocycles. The van der Waals surface area contributed by atoms with Crippen LogP contribution in [-0.4, -0.2) is 49.7 Å². The van der Waals surface area contributed by atoms with Crippen LogP contribution >= 0.6 is 0 Å². The summed E-state index contributed by atoms with van der Waals surface area (Å²) in [6, 6.07) is 0.521. The van der Waals surface area contributed by atoms with Crippen LogP contribution in [0.4, 0.5) is 0 Å². The molecule has 1 atom stereocenters. The first-order chi connectivity index (χ1) is 8.15. The van der Waals surface area contributed by atoms with Crippen molar-refractivity contribution in [2.45, 2.75) is 32.7 Å². The van der Waals surface area contributed by atoms with Gasteiger partial charge in [0.15, 0.2) is 0 Å². The van der Waals surface area contributed by atoms with Gasteiger partial charge in [0.05, 0.1) is 6.61 Å². The van der Waals surface area contributed by atoms with Crippen molar-refractivity contribution in [2.24, 2.45) is 0 Å². The summed E-state index contributed by atoms with van der Waals surface area (Å²) in [5.74, 6) is -0.297. The molecule has 4 nitrogen and oxygen atoms in total. The smallest absolute Gasteiger partial charge is 0.334 e. The van der Waals surface area contributed by atoms with E-state index in [1.54, 1.807) is 6.92 Å². The van der Waals surface area contributed by atoms with Crippen molar-refractivity contribution < 1.29 is 9.53 Å². The Morgan fingerprint density at radius 3 is 2.71 bits per heavy atom. The van der Waals surface area contributed by atoms with E-state index in [0.29, 0.717) is 24.8 Å². The molecule has 1 N–H and O–H groups in total. The highest BCUT2D eigenvalue weighted by Crippen LogP contribution is 2.10. The summed E-state index contributed by atoms with van der Waals surface area (Å²) in [5.41, 5.74) is 0.500. The van der Waals surface area contributed by atoms with Crippen LogP contribution in [0, 0.1) is 0 Å². The first-order valence-corrected chi connectivity index (χ1v) is 6.44. The highest BCUT2D eigenvalue weighted by Gasteiger charge is 2.17. The number of likely N-dealkylation sites (tertiary alicyclic amines) is 1. The number of ether oxygens (including phenoxy) is 1. The van der Waals surface area contributed by atoms with Gasteiger partial charge in [-0.3, -0.25) is 4.90 Å². The number of esters is 1. The van der Waals surface area contributed by atoms with Crippen LogP contribution in [0.2, 0.25) is 0 Å². The molecule has 0 amide bonds. The first kappa shape index (κ1) is 14.2. The molecule has 0 aromatic rings. The van der Waals surface area contributed by atoms with Crippen molar-refractivity contribution in [3.63, 3.8) is 0 Å². The number of nitrogens with zero attached hydrogens (tertiary/aromatic N) is 1. The summed E-state index contributed by atoms with van der Waals surface area (Å²) in [7, 11) is 0. The summed E-state index contributed by atoms with van der Waals surface area (Å²) < 4.78 is 4.87. The number of carbonyl (C=O) groups excluding carboxylic acids is 1. The molecule has 0 radical (unpaired) electrons. The Labute approximate surface area is 104 Å². The maximum atomic E-state index is 11.3. The Balaban J connectivity index is 2.14. The quantitative estimate of drug-likeness (QED) is 0.536. The Hall–Kier alpha value is -0.870. The van der Waals surface area contributed by atoms with Gasteiger partial charge in [0.1, 0.15) is 0 Å². The molecule has 1 saturated heterocycles. The van der Waals surface area contributed by atoms with Crippen LogP contribution in [0.1, 0.15) is 26.7 Å². The summed E-state index contributed by atoms with van der Waals surface area (Å²) in [4.78, 5) is 13.8. The summed E-state index contributed by atoms with van der Waals surface area (Å²) >= 11 is 0. The van der Waals surface area contributed by atoms with E-state index in [9.17, 15) is 4.79 Å². The van der Waals surface area contributed by atoms with E-state index in [1.807, 2.05) is 0 Å². The normalized spacial score (nSPS) is 18.0. The lowest BCUT2D eigenvalue weighted by atomic mass is 10.2. The van der Waals surface area contributed by atoms with Gasteiger partial charge in [-0.1, -0.05) is 6.58 Å². The van der Waals surface area contributed by atoms with Gasteiger partial charge in [-0.2, -0.15) is 0 Å². The average molecular weight is 240 g/mol. The third-order valence-corrected chi connectivity index (χ3v) is 3.11. The zero-order chi connectivity index (χ0) is 12.7. The molecule has 0 aliphatic carbocycles. The van der Waals surface area contributed by atoms with E-state index < -0.39 is 0 Å². The second kappa shape index (κ2) is 7.45. The topological polar surface area (TPSA) is 41.6 Å². The molecular weight excluding hydrogens is 216 g/mol. The van der Waals surface area contributed by atoms with E-state index >= 15 is 0 Å². The summed E-state index contributed by atoms with van der Waals surface area (Å²) in [6.07, 6.45) is 2.61. The Bertz CT molecular complexity index is 260. The van der Waals surface area contributed by atoms with Crippen molar-refractivity contribution in [2.75, 3.05) is 32.8 Å². The van der Waals surface area contributed by atoms with E-state index in [1.165, 1.54) is 25.9 Å². The molecule has 1 aliphatic heterocycles. The van der Waals surface area contributed by atoms with Gasteiger partial charge < -0.3 is 10.1 Å². The number of carbonyl (C=O) groups is 1. The molecule has 0 aromatic carbocycles. The Kier molecular flexibility index (Phi) is 6.22. The predicted molar refractivity (Wildman–Crippen MR) is 68.9 cm³/mol. The van der Waals surface area contributed by atoms with Gasteiger partial charge in [0.2, 0.25) is 0 Å². The molecular formula is C13H24N2O2. The lowest BCUT2D eigenvalue weighted by molar-refractivity contribution is -0.138. The molecule has 98 valence electrons. The molecule has 1 heterocycles. The second-order valence-corrected chi connectivity index (χ2v) is 4.55. The van der Waals surface area contributed by atoms with E-state index in [4.69, 9.17) is 4.74 Å². The fraction of sp³-hybridized carbons (Fsp3) is 0.769. The van der Waals surface area contributed by atoms with Crippen molar-refractivity contribution in [3.05, 3.63) is 12.2 Å². The van der Waals surface area contributed by atoms with E-state index in [-0.39, 0.29) is 5.97 Å². The molecule has 0 bridgehead atoms. The SMILES string of the molecule is C=C(CNCC(C)N1CCCC1)C(=O)OCC. The molecule has 1 rings (SSSR count). The monoisotopic (exact) mass is 240 g/mol. The fourth-order valence-corrected chi connectivity index (χ4v) is 2.05. The predicted octanol–water partition coefficient (Wildman–Crippen LogP) is 1.18. The third kappa shape index (κ3) is 4.88. The number of nitrogens with one attached hydrogen (secondary N) is 1. The highest BCUT2D eigenvalue weighted by atomic mass is 16.5. The lowest BCUT2D eigenvalue weighted by Gasteiger charge is -2.24. The molecule has 1 unspecified atom stereocenters. The van der Waals surface area contributed by atoms with Gasteiger partial charge in [0.25, 0.3) is 0 Å². The van der Waals surface area contributed by atoms with Crippen molar-refractivity contribution in [1.29, 1.82) is 0 Å². The van der Waals surface area contributed by atoms with E-state index in [2.05, 4.69) is 23.7 Å². The third-order valence-electron chi connectivity index (χ3n) is 3.11. The van der Waals surface area contributed by atoms with Crippen molar-refractivity contribution in [3.8, 4) is 0 Å². The molecule has 1 fully saturated rings. The van der Waals surface area contributed by atoms with Gasteiger partial charge in [0, 0.05) is 24.7 Å². The van der Waals surface area contributed by atoms with Crippen LogP contribution < -0.4 is 5.32 Å². The number of hydrogen-bond acceptors (Lipinski definition) is 4. The zero-order valence-corrected chi connectivity index (χ0v) is 11.0. The lowest BCUT2D eigenvalue weighted by Crippen LogP contribution is -2.39. The minimum absolute atomic E-state index is 0.297. The van der Waals surface area contributed by atoms with Crippen molar-refractivity contribution in [1.82, 2.24) is 10.2 Å². The molecule has 0 spiro atoms. The van der Waals surface area contributed by atoms with Crippen LogP contribution in [0.3, 0.4) is 0 Å². The minimum atomic E-state index is -0.297. The maximum Gasteiger partial charge on any atom is 0.334 e. The molecule has 4 heteroatoms. The summed E-state index contributed by atoms with van der Waals surface area (Å²) in [5, 5.41) is 3.26. The van der Waals surface area contributed by atoms with Crippen LogP contribution in [0.15, 0.2) is 12.2 Å². The van der Waals surface area contributed by atoms with Gasteiger partial charge >= 0.3 is 5.97 Å². The van der Waals surface area contributed by atoms with Gasteiger partial charge in [-0.25, -0.2) is 4.79 Å². The number of hydrogen-bond donors (Lipinski definition) is 1. The average Bonchev–Trinajstić information content (AvgIpc) is 2.82. The molecule has 1 aliphatic rings. The van der Waals surface area contributed by atoms with Crippen LogP contribution in [0.25, 0.3) is 0 Å². The largest absolute Gasteiger partial charge is 0.463 e. The molecule has 17 heavy (non-hydrogen) atoms. The van der Waals surface area contributed by atoms with E-state index in [0.717, 1.165) is 6.54 Å². The summed E-state index contributed by atoms with van der Waals surface area (Å²) in [6.45, 7) is 11.9. The Morgan fingerprint density at radius 1 is 1.47 bits per heavy atom. The van der Waals surface area contributed by atoms with Gasteiger partial charge in [-0.15, -0.1) is 0 Å². The zero-order valence-electron chi connectivity index (χ0n) is 11.0. The minimum Gasteiger partial charge on any atom is -0.463 e. The first-order valence-electron chi connectivity index (χ1n) is 6.44. The van der Waals surface area contributed by atoms with Crippen molar-refractivity contribution >= 4 is 5.97 Å². The highest BCUT2D eigenvalue weighted by molar-refractivity contribution is 5.88. The molecule has 0 saturated carbocycles.